The quantitative estimate of drug-likeness (QED) is 0.740. The van der Waals surface area contributed by atoms with Crippen LogP contribution >= 0.6 is 0 Å². The lowest BCUT2D eigenvalue weighted by Gasteiger charge is -1.92. The first-order chi connectivity index (χ1) is 6.72. The number of hydrogen-bond acceptors (Lipinski definition) is 2. The van der Waals surface area contributed by atoms with E-state index in [4.69, 9.17) is 5.11 Å². The van der Waals surface area contributed by atoms with Gasteiger partial charge in [0.05, 0.1) is 0 Å². The minimum atomic E-state index is -0.0411. The summed E-state index contributed by atoms with van der Waals surface area (Å²) < 4.78 is 0. The summed E-state index contributed by atoms with van der Waals surface area (Å²) in [5.41, 5.74) is 0.889. The second-order valence-corrected chi connectivity index (χ2v) is 2.83. The van der Waals surface area contributed by atoms with Gasteiger partial charge in [0.1, 0.15) is 5.75 Å². The molecular formula is C12H12O2. The predicted molar refractivity (Wildman–Crippen MR) is 57.0 cm³/mol. The molecule has 0 saturated heterocycles. The summed E-state index contributed by atoms with van der Waals surface area (Å²) in [7, 11) is 0. The minimum Gasteiger partial charge on any atom is -0.508 e. The number of phenols is 1. The highest BCUT2D eigenvalue weighted by molar-refractivity contribution is 6.01. The molecule has 0 aliphatic rings. The molecule has 0 amide bonds. The summed E-state index contributed by atoms with van der Waals surface area (Å²) in [6.07, 6.45) is 6.40. The average molecular weight is 188 g/mol. The molecular weight excluding hydrogens is 176 g/mol. The Morgan fingerprint density at radius 3 is 2.43 bits per heavy atom. The number of allylic oxidation sites excluding steroid dienone is 3. The van der Waals surface area contributed by atoms with Crippen LogP contribution in [-0.4, -0.2) is 10.9 Å². The molecule has 0 atom stereocenters. The molecule has 72 valence electrons. The zero-order valence-corrected chi connectivity index (χ0v) is 7.97. The molecule has 14 heavy (non-hydrogen) atoms. The van der Waals surface area contributed by atoms with E-state index >= 15 is 0 Å². The fraction of sp³-hybridized carbons (Fsp3) is 0.0833. The number of rotatable bonds is 3. The Hall–Kier alpha value is -1.83. The van der Waals surface area contributed by atoms with Gasteiger partial charge in [0.25, 0.3) is 0 Å². The Kier molecular flexibility index (Phi) is 3.68. The van der Waals surface area contributed by atoms with E-state index in [0.717, 1.165) is 5.56 Å². The van der Waals surface area contributed by atoms with E-state index in [1.54, 1.807) is 43.3 Å². The smallest absolute Gasteiger partial charge is 0.178 e. The Balaban J connectivity index is 2.69. The molecule has 0 spiro atoms. The fourth-order valence-corrected chi connectivity index (χ4v) is 0.984. The lowest BCUT2D eigenvalue weighted by molar-refractivity contribution is -0.110. The van der Waals surface area contributed by atoms with Crippen molar-refractivity contribution in [3.63, 3.8) is 0 Å². The van der Waals surface area contributed by atoms with E-state index in [-0.39, 0.29) is 11.5 Å². The van der Waals surface area contributed by atoms with Crippen LogP contribution in [0.15, 0.2) is 42.5 Å². The van der Waals surface area contributed by atoms with Crippen molar-refractivity contribution in [1.29, 1.82) is 0 Å². The average Bonchev–Trinajstić information content (AvgIpc) is 2.17. The van der Waals surface area contributed by atoms with Crippen molar-refractivity contribution < 1.29 is 9.90 Å². The molecule has 1 aromatic carbocycles. The van der Waals surface area contributed by atoms with Crippen molar-refractivity contribution in [3.05, 3.63) is 48.1 Å². The highest BCUT2D eigenvalue weighted by Gasteiger charge is 1.90. The maximum atomic E-state index is 11.1. The number of benzene rings is 1. The molecule has 1 aromatic rings. The molecule has 0 radical (unpaired) electrons. The standard InChI is InChI=1S/C12H12O2/c1-2-3-11(13)7-4-10-5-8-12(14)9-6-10/h2-9,14H,1H3. The first-order valence-corrected chi connectivity index (χ1v) is 4.36. The third-order valence-corrected chi connectivity index (χ3v) is 1.66. The zero-order chi connectivity index (χ0) is 10.4. The van der Waals surface area contributed by atoms with Gasteiger partial charge in [0.15, 0.2) is 5.78 Å². The fourth-order valence-electron chi connectivity index (χ4n) is 0.984. The first kappa shape index (κ1) is 10.3. The largest absolute Gasteiger partial charge is 0.508 e. The highest BCUT2D eigenvalue weighted by Crippen LogP contribution is 2.10. The Morgan fingerprint density at radius 1 is 1.21 bits per heavy atom. The van der Waals surface area contributed by atoms with Gasteiger partial charge >= 0.3 is 0 Å². The van der Waals surface area contributed by atoms with Crippen LogP contribution in [-0.2, 0) is 4.79 Å². The Morgan fingerprint density at radius 2 is 1.86 bits per heavy atom. The number of carbonyl (C=O) groups is 1. The number of hydrogen-bond donors (Lipinski definition) is 1. The normalized spacial score (nSPS) is 11.2. The molecule has 0 heterocycles. The van der Waals surface area contributed by atoms with Crippen LogP contribution in [0.1, 0.15) is 12.5 Å². The van der Waals surface area contributed by atoms with E-state index in [2.05, 4.69) is 0 Å². The number of ketones is 1. The highest BCUT2D eigenvalue weighted by atomic mass is 16.3. The van der Waals surface area contributed by atoms with Crippen molar-refractivity contribution in [1.82, 2.24) is 0 Å². The number of carbonyl (C=O) groups excluding carboxylic acids is 1. The maximum absolute atomic E-state index is 11.1. The van der Waals surface area contributed by atoms with Gasteiger partial charge in [0.2, 0.25) is 0 Å². The van der Waals surface area contributed by atoms with Crippen LogP contribution in [0.4, 0.5) is 0 Å². The van der Waals surface area contributed by atoms with Crippen molar-refractivity contribution in [2.45, 2.75) is 6.92 Å². The lowest BCUT2D eigenvalue weighted by atomic mass is 10.2. The van der Waals surface area contributed by atoms with Crippen molar-refractivity contribution in [2.75, 3.05) is 0 Å². The van der Waals surface area contributed by atoms with Gasteiger partial charge < -0.3 is 5.11 Å². The molecule has 0 aliphatic carbocycles. The van der Waals surface area contributed by atoms with Crippen LogP contribution in [0.25, 0.3) is 6.08 Å². The van der Waals surface area contributed by atoms with E-state index in [0.29, 0.717) is 0 Å². The minimum absolute atomic E-state index is 0.0411. The first-order valence-electron chi connectivity index (χ1n) is 4.36. The lowest BCUT2D eigenvalue weighted by Crippen LogP contribution is -1.83. The van der Waals surface area contributed by atoms with Crippen LogP contribution < -0.4 is 0 Å². The summed E-state index contributed by atoms with van der Waals surface area (Å²) in [4.78, 5) is 11.1. The van der Waals surface area contributed by atoms with E-state index in [1.807, 2.05) is 0 Å². The third-order valence-electron chi connectivity index (χ3n) is 1.66. The van der Waals surface area contributed by atoms with Gasteiger partial charge in [-0.3, -0.25) is 4.79 Å². The molecule has 2 nitrogen and oxygen atoms in total. The summed E-state index contributed by atoms with van der Waals surface area (Å²) in [5.74, 6) is 0.183. The summed E-state index contributed by atoms with van der Waals surface area (Å²) in [5, 5.41) is 9.02. The molecule has 0 aliphatic heterocycles. The second kappa shape index (κ2) is 5.02. The summed E-state index contributed by atoms with van der Waals surface area (Å²) >= 11 is 0. The SMILES string of the molecule is CC=CC(=O)C=Cc1ccc(O)cc1. The molecule has 1 N–H and O–H groups in total. The monoisotopic (exact) mass is 188 g/mol. The van der Waals surface area contributed by atoms with Crippen molar-refractivity contribution in [3.8, 4) is 5.75 Å². The van der Waals surface area contributed by atoms with Gasteiger partial charge in [-0.25, -0.2) is 0 Å². The Labute approximate surface area is 83.2 Å². The van der Waals surface area contributed by atoms with Gasteiger partial charge in [0, 0.05) is 0 Å². The van der Waals surface area contributed by atoms with Crippen LogP contribution in [0.5, 0.6) is 5.75 Å². The van der Waals surface area contributed by atoms with Gasteiger partial charge in [-0.05, 0) is 36.8 Å². The molecule has 0 saturated carbocycles. The molecule has 2 heteroatoms. The topological polar surface area (TPSA) is 37.3 Å². The van der Waals surface area contributed by atoms with Crippen LogP contribution in [0.2, 0.25) is 0 Å². The molecule has 1 rings (SSSR count). The molecule has 0 fully saturated rings. The van der Waals surface area contributed by atoms with Crippen LogP contribution in [0, 0.1) is 0 Å². The molecule has 0 unspecified atom stereocenters. The zero-order valence-electron chi connectivity index (χ0n) is 7.97. The number of phenolic OH excluding ortho intramolecular Hbond substituents is 1. The maximum Gasteiger partial charge on any atom is 0.178 e. The summed E-state index contributed by atoms with van der Waals surface area (Å²) in [6.45, 7) is 1.80. The van der Waals surface area contributed by atoms with E-state index < -0.39 is 0 Å². The molecule has 0 bridgehead atoms. The molecule has 0 aromatic heterocycles. The van der Waals surface area contributed by atoms with E-state index in [9.17, 15) is 4.79 Å². The predicted octanol–water partition coefficient (Wildman–Crippen LogP) is 2.55. The van der Waals surface area contributed by atoms with Gasteiger partial charge in [-0.1, -0.05) is 24.3 Å². The third kappa shape index (κ3) is 3.27. The summed E-state index contributed by atoms with van der Waals surface area (Å²) in [6, 6.07) is 6.66. The van der Waals surface area contributed by atoms with Crippen molar-refractivity contribution in [2.24, 2.45) is 0 Å². The van der Waals surface area contributed by atoms with Gasteiger partial charge in [-0.15, -0.1) is 0 Å². The van der Waals surface area contributed by atoms with Crippen LogP contribution in [0.3, 0.4) is 0 Å². The van der Waals surface area contributed by atoms with Gasteiger partial charge in [-0.2, -0.15) is 0 Å². The van der Waals surface area contributed by atoms with Crippen molar-refractivity contribution >= 4 is 11.9 Å². The Bertz CT molecular complexity index is 358. The van der Waals surface area contributed by atoms with E-state index in [1.165, 1.54) is 12.2 Å². The number of aromatic hydroxyl groups is 1. The second-order valence-electron chi connectivity index (χ2n) is 2.83.